The molecule has 1 heterocycles. The van der Waals surface area contributed by atoms with Gasteiger partial charge in [0.2, 0.25) is 5.91 Å². The first-order valence-corrected chi connectivity index (χ1v) is 8.69. The molecule has 0 aromatic rings. The number of nitrogens with zero attached hydrogens (tertiary/aromatic N) is 1. The molecule has 1 N–H and O–H groups in total. The second-order valence-corrected chi connectivity index (χ2v) is 7.00. The molecule has 0 aromatic heterocycles. The van der Waals surface area contributed by atoms with Crippen LogP contribution in [0.1, 0.15) is 58.8 Å². The average molecular weight is 310 g/mol. The predicted octanol–water partition coefficient (Wildman–Crippen LogP) is 2.94. The third-order valence-electron chi connectivity index (χ3n) is 5.20. The molecule has 126 valence electrons. The molecule has 1 saturated carbocycles. The summed E-state index contributed by atoms with van der Waals surface area (Å²) in [6.07, 6.45) is 7.18. The number of hydrogen-bond acceptors (Lipinski definition) is 3. The van der Waals surface area contributed by atoms with Crippen LogP contribution in [0, 0.1) is 11.8 Å². The summed E-state index contributed by atoms with van der Waals surface area (Å²) in [4.78, 5) is 26.8. The first kappa shape index (κ1) is 17.1. The lowest BCUT2D eigenvalue weighted by atomic mass is 9.83. The molecule has 22 heavy (non-hydrogen) atoms. The van der Waals surface area contributed by atoms with Gasteiger partial charge in [0.05, 0.1) is 7.11 Å². The summed E-state index contributed by atoms with van der Waals surface area (Å²) in [5.74, 6) is 0.791. The van der Waals surface area contributed by atoms with Crippen molar-refractivity contribution in [1.29, 1.82) is 0 Å². The van der Waals surface area contributed by atoms with Crippen LogP contribution in [0.5, 0.6) is 0 Å². The molecule has 2 aliphatic rings. The monoisotopic (exact) mass is 310 g/mol. The third-order valence-corrected chi connectivity index (χ3v) is 5.20. The summed E-state index contributed by atoms with van der Waals surface area (Å²) in [5, 5.41) is 2.82. The number of ether oxygens (including phenoxy) is 1. The number of nitrogens with one attached hydrogen (secondary N) is 1. The van der Waals surface area contributed by atoms with Crippen LogP contribution in [0.2, 0.25) is 0 Å². The molecule has 2 fully saturated rings. The van der Waals surface area contributed by atoms with Crippen molar-refractivity contribution in [3.05, 3.63) is 0 Å². The number of carbonyl (C=O) groups excluding carboxylic acids is 2. The Hall–Kier alpha value is -1.26. The highest BCUT2D eigenvalue weighted by molar-refractivity contribution is 5.86. The fraction of sp³-hybridized carbons (Fsp3) is 0.882. The van der Waals surface area contributed by atoms with E-state index in [1.807, 2.05) is 4.90 Å². The first-order chi connectivity index (χ1) is 10.5. The lowest BCUT2D eigenvalue weighted by Gasteiger charge is -2.35. The number of methoxy groups -OCH3 is 1. The largest absolute Gasteiger partial charge is 0.453 e. The average Bonchev–Trinajstić information content (AvgIpc) is 3.02. The van der Waals surface area contributed by atoms with E-state index in [0.717, 1.165) is 45.1 Å². The summed E-state index contributed by atoms with van der Waals surface area (Å²) < 4.78 is 4.74. The highest BCUT2D eigenvalue weighted by atomic mass is 16.5. The van der Waals surface area contributed by atoms with E-state index in [2.05, 4.69) is 19.2 Å². The third kappa shape index (κ3) is 3.93. The maximum absolute atomic E-state index is 13.1. The zero-order valence-electron chi connectivity index (χ0n) is 14.1. The van der Waals surface area contributed by atoms with E-state index in [-0.39, 0.29) is 11.8 Å². The minimum Gasteiger partial charge on any atom is -0.453 e. The number of carbonyl (C=O) groups is 2. The molecule has 0 aromatic carbocycles. The molecule has 2 rings (SSSR count). The highest BCUT2D eigenvalue weighted by Gasteiger charge is 2.39. The molecule has 2 atom stereocenters. The second kappa shape index (κ2) is 7.84. The van der Waals surface area contributed by atoms with Gasteiger partial charge in [0.1, 0.15) is 6.04 Å². The van der Waals surface area contributed by atoms with Gasteiger partial charge in [-0.15, -0.1) is 0 Å². The lowest BCUT2D eigenvalue weighted by molar-refractivity contribution is -0.136. The number of hydrogen-bond donors (Lipinski definition) is 1. The zero-order valence-corrected chi connectivity index (χ0v) is 14.1. The molecule has 2 amide bonds. The normalized spacial score (nSPS) is 24.4. The van der Waals surface area contributed by atoms with E-state index in [1.54, 1.807) is 0 Å². The Morgan fingerprint density at radius 1 is 1.09 bits per heavy atom. The Morgan fingerprint density at radius 2 is 1.77 bits per heavy atom. The molecular formula is C17H30N2O3. The summed E-state index contributed by atoms with van der Waals surface area (Å²) >= 11 is 0. The summed E-state index contributed by atoms with van der Waals surface area (Å²) in [7, 11) is 1.35. The van der Waals surface area contributed by atoms with Gasteiger partial charge in [-0.3, -0.25) is 4.79 Å². The van der Waals surface area contributed by atoms with Crippen LogP contribution in [0.3, 0.4) is 0 Å². The van der Waals surface area contributed by atoms with Crippen molar-refractivity contribution in [1.82, 2.24) is 10.2 Å². The molecule has 1 aliphatic heterocycles. The number of likely N-dealkylation sites (tertiary alicyclic amines) is 1. The van der Waals surface area contributed by atoms with E-state index in [9.17, 15) is 9.59 Å². The van der Waals surface area contributed by atoms with Gasteiger partial charge < -0.3 is 15.0 Å². The lowest BCUT2D eigenvalue weighted by Crippen LogP contribution is -2.54. The van der Waals surface area contributed by atoms with E-state index >= 15 is 0 Å². The Labute approximate surface area is 133 Å². The van der Waals surface area contributed by atoms with Crippen molar-refractivity contribution in [2.75, 3.05) is 13.7 Å². The molecule has 1 saturated heterocycles. The SMILES string of the molecule is COC(=O)NC(C(=O)N1CCC[C@H]1C(C)C)C1CCCCC1. The van der Waals surface area contributed by atoms with E-state index < -0.39 is 12.1 Å². The molecule has 0 radical (unpaired) electrons. The molecule has 5 heteroatoms. The minimum atomic E-state index is -0.496. The van der Waals surface area contributed by atoms with Gasteiger partial charge in [0, 0.05) is 12.6 Å². The van der Waals surface area contributed by atoms with Gasteiger partial charge in [-0.2, -0.15) is 0 Å². The van der Waals surface area contributed by atoms with Crippen LogP contribution >= 0.6 is 0 Å². The fourth-order valence-corrected chi connectivity index (χ4v) is 3.97. The van der Waals surface area contributed by atoms with Gasteiger partial charge in [-0.05, 0) is 37.5 Å². The number of rotatable bonds is 4. The van der Waals surface area contributed by atoms with Crippen LogP contribution in [0.15, 0.2) is 0 Å². The fourth-order valence-electron chi connectivity index (χ4n) is 3.97. The van der Waals surface area contributed by atoms with Crippen LogP contribution in [0.4, 0.5) is 4.79 Å². The Kier molecular flexibility index (Phi) is 6.09. The summed E-state index contributed by atoms with van der Waals surface area (Å²) in [5.41, 5.74) is 0. The summed E-state index contributed by atoms with van der Waals surface area (Å²) in [6.45, 7) is 5.15. The van der Waals surface area contributed by atoms with E-state index in [0.29, 0.717) is 12.0 Å². The van der Waals surface area contributed by atoms with E-state index in [4.69, 9.17) is 4.74 Å². The van der Waals surface area contributed by atoms with Crippen molar-refractivity contribution >= 4 is 12.0 Å². The molecular weight excluding hydrogens is 280 g/mol. The molecule has 1 aliphatic carbocycles. The van der Waals surface area contributed by atoms with E-state index in [1.165, 1.54) is 13.5 Å². The van der Waals surface area contributed by atoms with Gasteiger partial charge in [-0.25, -0.2) is 4.79 Å². The topological polar surface area (TPSA) is 58.6 Å². The van der Waals surface area contributed by atoms with Gasteiger partial charge in [0.25, 0.3) is 0 Å². The maximum Gasteiger partial charge on any atom is 0.407 e. The van der Waals surface area contributed by atoms with Crippen molar-refractivity contribution in [3.8, 4) is 0 Å². The zero-order chi connectivity index (χ0) is 16.1. The van der Waals surface area contributed by atoms with Crippen LogP contribution < -0.4 is 5.32 Å². The predicted molar refractivity (Wildman–Crippen MR) is 85.5 cm³/mol. The van der Waals surface area contributed by atoms with Crippen molar-refractivity contribution in [3.63, 3.8) is 0 Å². The standard InChI is InChI=1S/C17H30N2O3/c1-12(2)14-10-7-11-19(14)16(20)15(18-17(21)22-3)13-8-5-4-6-9-13/h12-15H,4-11H2,1-3H3,(H,18,21)/t14-,15?/m0/s1. The van der Waals surface area contributed by atoms with Gasteiger partial charge in [-0.1, -0.05) is 33.1 Å². The van der Waals surface area contributed by atoms with Crippen LogP contribution in [0.25, 0.3) is 0 Å². The Balaban J connectivity index is 2.12. The number of amides is 2. The van der Waals surface area contributed by atoms with Crippen molar-refractivity contribution in [2.24, 2.45) is 11.8 Å². The molecule has 0 spiro atoms. The highest BCUT2D eigenvalue weighted by Crippen LogP contribution is 2.30. The van der Waals surface area contributed by atoms with Crippen LogP contribution in [-0.2, 0) is 9.53 Å². The Bertz CT molecular complexity index is 391. The molecule has 1 unspecified atom stereocenters. The maximum atomic E-state index is 13.1. The smallest absolute Gasteiger partial charge is 0.407 e. The second-order valence-electron chi connectivity index (χ2n) is 7.00. The minimum absolute atomic E-state index is 0.0912. The molecule has 0 bridgehead atoms. The quantitative estimate of drug-likeness (QED) is 0.868. The Morgan fingerprint density at radius 3 is 2.36 bits per heavy atom. The van der Waals surface area contributed by atoms with Gasteiger partial charge >= 0.3 is 6.09 Å². The first-order valence-electron chi connectivity index (χ1n) is 8.69. The number of alkyl carbamates (subject to hydrolysis) is 1. The van der Waals surface area contributed by atoms with Crippen molar-refractivity contribution in [2.45, 2.75) is 70.9 Å². The van der Waals surface area contributed by atoms with Crippen LogP contribution in [-0.4, -0.2) is 42.6 Å². The molecule has 5 nitrogen and oxygen atoms in total. The van der Waals surface area contributed by atoms with Crippen molar-refractivity contribution < 1.29 is 14.3 Å². The van der Waals surface area contributed by atoms with Gasteiger partial charge in [0.15, 0.2) is 0 Å². The summed E-state index contributed by atoms with van der Waals surface area (Å²) in [6, 6.07) is -0.120.